The zero-order chi connectivity index (χ0) is 11.4. The maximum absolute atomic E-state index is 13.2. The lowest BCUT2D eigenvalue weighted by Crippen LogP contribution is -2.15. The van der Waals surface area contributed by atoms with Crippen molar-refractivity contribution in [2.24, 2.45) is 0 Å². The summed E-state index contributed by atoms with van der Waals surface area (Å²) >= 11 is 0. The van der Waals surface area contributed by atoms with Crippen LogP contribution in [0.15, 0.2) is 12.1 Å². The minimum atomic E-state index is -0.335. The van der Waals surface area contributed by atoms with Crippen molar-refractivity contribution in [3.63, 3.8) is 0 Å². The Bertz CT molecular complexity index is 393. The molecule has 1 aliphatic rings. The first kappa shape index (κ1) is 11.5. The number of hydrazine groups is 1. The lowest BCUT2D eigenvalue weighted by atomic mass is 10.0. The molecule has 80 valence electrons. The molecule has 1 aliphatic heterocycles. The molecule has 1 aromatic carbocycles. The van der Waals surface area contributed by atoms with Crippen molar-refractivity contribution in [1.29, 1.82) is 0 Å². The van der Waals surface area contributed by atoms with Crippen molar-refractivity contribution >= 4 is 5.69 Å². The van der Waals surface area contributed by atoms with Gasteiger partial charge in [-0.25, -0.2) is 9.82 Å². The molecule has 0 amide bonds. The molecule has 15 heavy (non-hydrogen) atoms. The minimum Gasteiger partial charge on any atom is -0.321 e. The van der Waals surface area contributed by atoms with Gasteiger partial charge in [0.15, 0.2) is 0 Å². The van der Waals surface area contributed by atoms with Gasteiger partial charge in [0.05, 0.1) is 17.3 Å². The summed E-state index contributed by atoms with van der Waals surface area (Å²) in [5.41, 5.74) is 7.96. The third kappa shape index (κ3) is 1.95. The highest BCUT2D eigenvalue weighted by atomic mass is 19.1. The topological polar surface area (TPSA) is 24.1 Å². The summed E-state index contributed by atoms with van der Waals surface area (Å²) < 4.78 is 13.2. The Balaban J connectivity index is 0.000000531. The van der Waals surface area contributed by atoms with Gasteiger partial charge >= 0.3 is 0 Å². The van der Waals surface area contributed by atoms with Gasteiger partial charge in [-0.15, -0.1) is 6.42 Å². The standard InChI is InChI=1S/C10H9FN2.C2H6/c1-3-7-8(11)4-5-9-10(7)6(2)12-13-9;1-2/h1,4-6,12-13H,2H3;1-2H3. The van der Waals surface area contributed by atoms with E-state index in [-0.39, 0.29) is 11.9 Å². The van der Waals surface area contributed by atoms with Gasteiger partial charge in [-0.2, -0.15) is 0 Å². The predicted molar refractivity (Wildman–Crippen MR) is 60.9 cm³/mol. The largest absolute Gasteiger partial charge is 0.321 e. The highest BCUT2D eigenvalue weighted by Gasteiger charge is 2.22. The van der Waals surface area contributed by atoms with E-state index in [1.165, 1.54) is 6.07 Å². The first-order chi connectivity index (χ1) is 7.24. The summed E-state index contributed by atoms with van der Waals surface area (Å²) in [6.07, 6.45) is 5.24. The lowest BCUT2D eigenvalue weighted by Gasteiger charge is -2.05. The number of terminal acetylenes is 1. The fourth-order valence-electron chi connectivity index (χ4n) is 1.56. The number of rotatable bonds is 0. The summed E-state index contributed by atoms with van der Waals surface area (Å²) in [6, 6.07) is 3.11. The third-order valence-electron chi connectivity index (χ3n) is 2.20. The molecule has 1 aromatic rings. The molecule has 0 radical (unpaired) electrons. The van der Waals surface area contributed by atoms with E-state index in [1.54, 1.807) is 6.07 Å². The SMILES string of the molecule is C#Cc1c(F)ccc2c1C(C)NN2.CC. The summed E-state index contributed by atoms with van der Waals surface area (Å²) in [5.74, 6) is 2.04. The Kier molecular flexibility index (Phi) is 3.70. The Morgan fingerprint density at radius 2 is 2.07 bits per heavy atom. The first-order valence-electron chi connectivity index (χ1n) is 5.04. The average Bonchev–Trinajstić information content (AvgIpc) is 2.64. The molecule has 1 unspecified atom stereocenters. The quantitative estimate of drug-likeness (QED) is 0.638. The van der Waals surface area contributed by atoms with E-state index in [4.69, 9.17) is 6.42 Å². The van der Waals surface area contributed by atoms with E-state index < -0.39 is 0 Å². The van der Waals surface area contributed by atoms with Crippen molar-refractivity contribution in [3.05, 3.63) is 29.1 Å². The van der Waals surface area contributed by atoms with Gasteiger partial charge in [-0.1, -0.05) is 19.8 Å². The predicted octanol–water partition coefficient (Wildman–Crippen LogP) is 2.82. The van der Waals surface area contributed by atoms with E-state index in [9.17, 15) is 4.39 Å². The molecule has 1 heterocycles. The first-order valence-corrected chi connectivity index (χ1v) is 5.04. The molecule has 2 N–H and O–H groups in total. The van der Waals surface area contributed by atoms with E-state index in [0.717, 1.165) is 11.3 Å². The second-order valence-electron chi connectivity index (χ2n) is 3.02. The lowest BCUT2D eigenvalue weighted by molar-refractivity contribution is 0.616. The molecule has 0 aliphatic carbocycles. The van der Waals surface area contributed by atoms with Gasteiger partial charge in [0, 0.05) is 5.56 Å². The van der Waals surface area contributed by atoms with Crippen LogP contribution < -0.4 is 10.9 Å². The van der Waals surface area contributed by atoms with Crippen molar-refractivity contribution in [2.75, 3.05) is 5.43 Å². The van der Waals surface area contributed by atoms with Gasteiger partial charge < -0.3 is 5.43 Å². The zero-order valence-corrected chi connectivity index (χ0v) is 9.19. The van der Waals surface area contributed by atoms with Gasteiger partial charge in [0.25, 0.3) is 0 Å². The molecule has 0 bridgehead atoms. The Morgan fingerprint density at radius 1 is 1.40 bits per heavy atom. The molecule has 0 fully saturated rings. The molecule has 0 aromatic heterocycles. The van der Waals surface area contributed by atoms with E-state index in [1.807, 2.05) is 20.8 Å². The molecule has 3 heteroatoms. The van der Waals surface area contributed by atoms with Crippen LogP contribution in [0, 0.1) is 18.2 Å². The summed E-state index contributed by atoms with van der Waals surface area (Å²) in [5, 5.41) is 0. The molecule has 0 spiro atoms. The van der Waals surface area contributed by atoms with Crippen molar-refractivity contribution in [3.8, 4) is 12.3 Å². The average molecular weight is 206 g/mol. The van der Waals surface area contributed by atoms with Crippen LogP contribution >= 0.6 is 0 Å². The fraction of sp³-hybridized carbons (Fsp3) is 0.333. The van der Waals surface area contributed by atoms with Gasteiger partial charge in [0.1, 0.15) is 5.82 Å². The molecule has 1 atom stereocenters. The van der Waals surface area contributed by atoms with Crippen LogP contribution in [-0.4, -0.2) is 0 Å². The number of benzene rings is 1. The number of nitrogens with one attached hydrogen (secondary N) is 2. The maximum Gasteiger partial charge on any atom is 0.139 e. The van der Waals surface area contributed by atoms with Crippen LogP contribution in [0.1, 0.15) is 37.9 Å². The second-order valence-corrected chi connectivity index (χ2v) is 3.02. The van der Waals surface area contributed by atoms with Gasteiger partial charge in [-0.3, -0.25) is 0 Å². The minimum absolute atomic E-state index is 0.0525. The van der Waals surface area contributed by atoms with E-state index in [2.05, 4.69) is 16.8 Å². The Morgan fingerprint density at radius 3 is 2.67 bits per heavy atom. The summed E-state index contributed by atoms with van der Waals surface area (Å²) in [4.78, 5) is 0. The molecule has 2 rings (SSSR count). The van der Waals surface area contributed by atoms with Crippen LogP contribution in [-0.2, 0) is 0 Å². The fourth-order valence-corrected chi connectivity index (χ4v) is 1.56. The van der Waals surface area contributed by atoms with Crippen molar-refractivity contribution in [1.82, 2.24) is 5.43 Å². The molecule has 2 nitrogen and oxygen atoms in total. The third-order valence-corrected chi connectivity index (χ3v) is 2.20. The van der Waals surface area contributed by atoms with Crippen LogP contribution in [0.5, 0.6) is 0 Å². The number of fused-ring (bicyclic) bond motifs is 1. The summed E-state index contributed by atoms with van der Waals surface area (Å²) in [6.45, 7) is 5.93. The van der Waals surface area contributed by atoms with Gasteiger partial charge in [-0.05, 0) is 19.1 Å². The van der Waals surface area contributed by atoms with Crippen LogP contribution in [0.3, 0.4) is 0 Å². The Labute approximate surface area is 89.9 Å². The molecule has 0 saturated carbocycles. The maximum atomic E-state index is 13.2. The normalized spacial score (nSPS) is 16.9. The van der Waals surface area contributed by atoms with Crippen LogP contribution in [0.2, 0.25) is 0 Å². The zero-order valence-electron chi connectivity index (χ0n) is 9.19. The van der Waals surface area contributed by atoms with Crippen molar-refractivity contribution < 1.29 is 4.39 Å². The number of halogens is 1. The smallest absolute Gasteiger partial charge is 0.139 e. The van der Waals surface area contributed by atoms with Crippen LogP contribution in [0.4, 0.5) is 10.1 Å². The highest BCUT2D eigenvalue weighted by molar-refractivity contribution is 5.62. The van der Waals surface area contributed by atoms with Crippen LogP contribution in [0.25, 0.3) is 0 Å². The van der Waals surface area contributed by atoms with E-state index in [0.29, 0.717) is 5.56 Å². The molecule has 0 saturated heterocycles. The number of hydrogen-bond donors (Lipinski definition) is 2. The Hall–Kier alpha value is -1.53. The van der Waals surface area contributed by atoms with E-state index >= 15 is 0 Å². The second kappa shape index (κ2) is 4.81. The highest BCUT2D eigenvalue weighted by Crippen LogP contribution is 2.31. The summed E-state index contributed by atoms with van der Waals surface area (Å²) in [7, 11) is 0. The van der Waals surface area contributed by atoms with Crippen molar-refractivity contribution in [2.45, 2.75) is 26.8 Å². The monoisotopic (exact) mass is 206 g/mol. The molecular weight excluding hydrogens is 191 g/mol. The van der Waals surface area contributed by atoms with Gasteiger partial charge in [0.2, 0.25) is 0 Å². The number of hydrogen-bond acceptors (Lipinski definition) is 2. The number of anilines is 1. The molecular formula is C12H15FN2.